The molecule has 1 unspecified atom stereocenters. The van der Waals surface area contributed by atoms with Gasteiger partial charge in [0.05, 0.1) is 10.5 Å². The number of sulfonamides is 1. The highest BCUT2D eigenvalue weighted by Crippen LogP contribution is 2.21. The van der Waals surface area contributed by atoms with Gasteiger partial charge in [0.25, 0.3) is 0 Å². The van der Waals surface area contributed by atoms with E-state index in [4.69, 9.17) is 5.11 Å². The lowest BCUT2D eigenvalue weighted by atomic mass is 10.1. The predicted octanol–water partition coefficient (Wildman–Crippen LogP) is 1.06. The van der Waals surface area contributed by atoms with Gasteiger partial charge in [0.15, 0.2) is 0 Å². The Kier molecular flexibility index (Phi) is 5.43. The summed E-state index contributed by atoms with van der Waals surface area (Å²) < 4.78 is 40.7. The fraction of sp³-hybridized carbons (Fsp3) is 0.462. The summed E-state index contributed by atoms with van der Waals surface area (Å²) in [6, 6.07) is 1.37. The molecule has 0 aliphatic heterocycles. The van der Waals surface area contributed by atoms with Crippen LogP contribution in [0.1, 0.15) is 22.8 Å². The van der Waals surface area contributed by atoms with E-state index in [9.17, 15) is 17.6 Å². The van der Waals surface area contributed by atoms with Gasteiger partial charge in [-0.25, -0.2) is 22.3 Å². The molecular formula is C13H19FN2O4S. The fourth-order valence-corrected chi connectivity index (χ4v) is 3.48. The van der Waals surface area contributed by atoms with Crippen LogP contribution in [-0.2, 0) is 10.0 Å². The maximum Gasteiger partial charge on any atom is 0.335 e. The van der Waals surface area contributed by atoms with Gasteiger partial charge in [0, 0.05) is 18.2 Å². The van der Waals surface area contributed by atoms with Crippen LogP contribution >= 0.6 is 0 Å². The molecule has 118 valence electrons. The van der Waals surface area contributed by atoms with Crippen molar-refractivity contribution in [3.05, 3.63) is 29.1 Å². The van der Waals surface area contributed by atoms with E-state index in [2.05, 4.69) is 4.72 Å². The summed E-state index contributed by atoms with van der Waals surface area (Å²) in [4.78, 5) is 12.4. The second-order valence-corrected chi connectivity index (χ2v) is 6.85. The molecule has 0 bridgehead atoms. The van der Waals surface area contributed by atoms with Crippen LogP contribution in [0.5, 0.6) is 0 Å². The lowest BCUT2D eigenvalue weighted by molar-refractivity contribution is 0.0696. The average molecular weight is 318 g/mol. The van der Waals surface area contributed by atoms with Crippen molar-refractivity contribution in [2.24, 2.45) is 0 Å². The number of nitrogens with one attached hydrogen (secondary N) is 1. The minimum atomic E-state index is -3.99. The second-order valence-electron chi connectivity index (χ2n) is 5.17. The van der Waals surface area contributed by atoms with Crippen LogP contribution in [0.2, 0.25) is 0 Å². The molecule has 0 saturated carbocycles. The molecule has 0 amide bonds. The highest BCUT2D eigenvalue weighted by atomic mass is 32.2. The smallest absolute Gasteiger partial charge is 0.335 e. The topological polar surface area (TPSA) is 86.7 Å². The highest BCUT2D eigenvalue weighted by Gasteiger charge is 2.23. The molecular weight excluding hydrogens is 299 g/mol. The summed E-state index contributed by atoms with van der Waals surface area (Å²) in [5, 5.41) is 8.90. The standard InChI is InChI=1S/C13H19FN2O4S/c1-8(7-16(3)4)15-21(19,20)12-6-10(13(17)18)5-11(14)9(12)2/h5-6,8,15H,7H2,1-4H3,(H,17,18). The molecule has 0 spiro atoms. The van der Waals surface area contributed by atoms with Crippen LogP contribution in [0.3, 0.4) is 0 Å². The summed E-state index contributed by atoms with van der Waals surface area (Å²) >= 11 is 0. The average Bonchev–Trinajstić information content (AvgIpc) is 2.29. The molecule has 1 aromatic carbocycles. The maximum absolute atomic E-state index is 13.7. The number of carboxylic acid groups (broad SMARTS) is 1. The number of aromatic carboxylic acids is 1. The van der Waals surface area contributed by atoms with Gasteiger partial charge < -0.3 is 10.0 Å². The summed E-state index contributed by atoms with van der Waals surface area (Å²) in [5.41, 5.74) is -0.511. The van der Waals surface area contributed by atoms with Crippen molar-refractivity contribution in [1.82, 2.24) is 9.62 Å². The fourth-order valence-electron chi connectivity index (χ4n) is 1.97. The van der Waals surface area contributed by atoms with E-state index in [1.165, 1.54) is 6.92 Å². The van der Waals surface area contributed by atoms with Crippen molar-refractivity contribution in [1.29, 1.82) is 0 Å². The van der Waals surface area contributed by atoms with E-state index in [1.54, 1.807) is 25.9 Å². The Hall–Kier alpha value is -1.51. The Morgan fingerprint density at radius 2 is 2.00 bits per heavy atom. The molecule has 2 N–H and O–H groups in total. The van der Waals surface area contributed by atoms with Crippen molar-refractivity contribution in [2.45, 2.75) is 24.8 Å². The Balaban J connectivity index is 3.22. The van der Waals surface area contributed by atoms with Crippen molar-refractivity contribution in [2.75, 3.05) is 20.6 Å². The van der Waals surface area contributed by atoms with E-state index >= 15 is 0 Å². The Morgan fingerprint density at radius 1 is 1.43 bits per heavy atom. The minimum Gasteiger partial charge on any atom is -0.478 e. The van der Waals surface area contributed by atoms with Gasteiger partial charge in [-0.2, -0.15) is 0 Å². The van der Waals surface area contributed by atoms with E-state index in [0.717, 1.165) is 12.1 Å². The lowest BCUT2D eigenvalue weighted by Gasteiger charge is -2.19. The molecule has 1 atom stereocenters. The van der Waals surface area contributed by atoms with Crippen LogP contribution < -0.4 is 4.72 Å². The first-order chi connectivity index (χ1) is 9.54. The third kappa shape index (κ3) is 4.48. The van der Waals surface area contributed by atoms with Crippen LogP contribution in [0.4, 0.5) is 4.39 Å². The third-order valence-corrected chi connectivity index (χ3v) is 4.54. The number of likely N-dealkylation sites (N-methyl/N-ethyl adjacent to an activating group) is 1. The van der Waals surface area contributed by atoms with Crippen LogP contribution in [0.25, 0.3) is 0 Å². The quantitative estimate of drug-likeness (QED) is 0.819. The summed E-state index contributed by atoms with van der Waals surface area (Å²) in [5.74, 6) is -2.25. The van der Waals surface area contributed by atoms with Gasteiger partial charge in [-0.05, 0) is 40.1 Å². The number of nitrogens with zero attached hydrogens (tertiary/aromatic N) is 1. The lowest BCUT2D eigenvalue weighted by Crippen LogP contribution is -2.39. The first-order valence-corrected chi connectivity index (χ1v) is 7.73. The van der Waals surface area contributed by atoms with Crippen molar-refractivity contribution < 1.29 is 22.7 Å². The van der Waals surface area contributed by atoms with Crippen molar-refractivity contribution in [3.63, 3.8) is 0 Å². The van der Waals surface area contributed by atoms with E-state index in [1.807, 2.05) is 0 Å². The Morgan fingerprint density at radius 3 is 2.48 bits per heavy atom. The summed E-state index contributed by atoms with van der Waals surface area (Å²) in [7, 11) is -0.409. The molecule has 0 saturated heterocycles. The molecule has 0 aliphatic rings. The molecule has 1 aromatic rings. The van der Waals surface area contributed by atoms with Crippen LogP contribution in [0.15, 0.2) is 17.0 Å². The van der Waals surface area contributed by atoms with Gasteiger partial charge in [-0.1, -0.05) is 0 Å². The third-order valence-electron chi connectivity index (χ3n) is 2.83. The first kappa shape index (κ1) is 17.5. The number of benzene rings is 1. The number of hydrogen-bond donors (Lipinski definition) is 2. The zero-order valence-electron chi connectivity index (χ0n) is 12.3. The van der Waals surface area contributed by atoms with E-state index in [-0.39, 0.29) is 10.5 Å². The Labute approximate surface area is 123 Å². The number of carbonyl (C=O) groups is 1. The number of hydrogen-bond acceptors (Lipinski definition) is 4. The Bertz CT molecular complexity index is 644. The van der Waals surface area contributed by atoms with E-state index < -0.39 is 33.4 Å². The largest absolute Gasteiger partial charge is 0.478 e. The number of halogens is 1. The molecule has 0 radical (unpaired) electrons. The summed E-state index contributed by atoms with van der Waals surface area (Å²) in [6.07, 6.45) is 0. The van der Waals surface area contributed by atoms with Crippen molar-refractivity contribution in [3.8, 4) is 0 Å². The SMILES string of the molecule is Cc1c(F)cc(C(=O)O)cc1S(=O)(=O)NC(C)CN(C)C. The molecule has 0 heterocycles. The molecule has 6 nitrogen and oxygen atoms in total. The molecule has 21 heavy (non-hydrogen) atoms. The summed E-state index contributed by atoms with van der Waals surface area (Å²) in [6.45, 7) is 3.43. The zero-order chi connectivity index (χ0) is 16.4. The number of carboxylic acids is 1. The van der Waals surface area contributed by atoms with Gasteiger partial charge in [0.1, 0.15) is 5.82 Å². The van der Waals surface area contributed by atoms with Gasteiger partial charge in [-0.15, -0.1) is 0 Å². The van der Waals surface area contributed by atoms with E-state index in [0.29, 0.717) is 6.54 Å². The van der Waals surface area contributed by atoms with Crippen LogP contribution in [0, 0.1) is 12.7 Å². The maximum atomic E-state index is 13.7. The molecule has 8 heteroatoms. The molecule has 0 fully saturated rings. The molecule has 0 aromatic heterocycles. The molecule has 0 aliphatic carbocycles. The van der Waals surface area contributed by atoms with Crippen LogP contribution in [-0.4, -0.2) is 51.1 Å². The zero-order valence-corrected chi connectivity index (χ0v) is 13.2. The first-order valence-electron chi connectivity index (χ1n) is 6.25. The minimum absolute atomic E-state index is 0.107. The predicted molar refractivity (Wildman–Crippen MR) is 76.4 cm³/mol. The van der Waals surface area contributed by atoms with Gasteiger partial charge in [0.2, 0.25) is 10.0 Å². The van der Waals surface area contributed by atoms with Gasteiger partial charge >= 0.3 is 5.97 Å². The normalized spacial score (nSPS) is 13.4. The van der Waals surface area contributed by atoms with Crippen molar-refractivity contribution >= 4 is 16.0 Å². The molecule has 1 rings (SSSR count). The highest BCUT2D eigenvalue weighted by molar-refractivity contribution is 7.89. The second kappa shape index (κ2) is 6.50. The monoisotopic (exact) mass is 318 g/mol. The van der Waals surface area contributed by atoms with Gasteiger partial charge in [-0.3, -0.25) is 0 Å². The number of rotatable bonds is 6.